The van der Waals surface area contributed by atoms with Gasteiger partial charge in [-0.05, 0) is 69.5 Å². The van der Waals surface area contributed by atoms with Crippen molar-refractivity contribution in [3.05, 3.63) is 92.9 Å². The van der Waals surface area contributed by atoms with Gasteiger partial charge in [-0.15, -0.1) is 0 Å². The summed E-state index contributed by atoms with van der Waals surface area (Å²) in [4.78, 5) is 12.5. The fraction of sp³-hybridized carbons (Fsp3) is 0.0833. The number of rotatable bonds is 7. The minimum Gasteiger partial charge on any atom is -0.493 e. The fourth-order valence-corrected chi connectivity index (χ4v) is 3.44. The van der Waals surface area contributed by atoms with Crippen molar-refractivity contribution in [1.29, 1.82) is 5.26 Å². The lowest BCUT2D eigenvalue weighted by molar-refractivity contribution is -0.112. The number of hydrogen-bond donors (Lipinski definition) is 1. The Morgan fingerprint density at radius 3 is 2.52 bits per heavy atom. The number of anilines is 1. The second-order valence-corrected chi connectivity index (χ2v) is 7.73. The quantitative estimate of drug-likeness (QED) is 0.310. The highest BCUT2D eigenvalue weighted by molar-refractivity contribution is 9.10. The molecule has 0 heterocycles. The summed E-state index contributed by atoms with van der Waals surface area (Å²) in [6.45, 7) is 0.373. The van der Waals surface area contributed by atoms with Crippen molar-refractivity contribution >= 4 is 45.2 Å². The molecule has 0 unspecified atom stereocenters. The Hall–Kier alpha value is -3.27. The van der Waals surface area contributed by atoms with Crippen molar-refractivity contribution in [1.82, 2.24) is 0 Å². The number of nitrogens with one attached hydrogen (secondary N) is 1. The first kappa shape index (κ1) is 22.4. The maximum absolute atomic E-state index is 12.5. The smallest absolute Gasteiger partial charge is 0.266 e. The summed E-state index contributed by atoms with van der Waals surface area (Å²) in [6.07, 6.45) is 1.49. The molecule has 0 fully saturated rings. The number of carbonyl (C=O) groups is 1. The fourth-order valence-electron chi connectivity index (χ4n) is 2.74. The number of benzene rings is 3. The van der Waals surface area contributed by atoms with Crippen LogP contribution in [0.2, 0.25) is 5.02 Å². The summed E-state index contributed by atoms with van der Waals surface area (Å²) in [5, 5.41) is 12.7. The third kappa shape index (κ3) is 6.11. The summed E-state index contributed by atoms with van der Waals surface area (Å²) in [7, 11) is 1.53. The minimum absolute atomic E-state index is 0.0538. The standard InChI is InChI=1S/C24H18BrClN2O3/c1-30-22-13-17(12-21(25)23(22)31-15-16-5-3-2-4-6-16)11-18(14-27)24(29)28-20-9-7-19(26)8-10-20/h2-13H,15H2,1H3,(H,28,29)/b18-11-. The van der Waals surface area contributed by atoms with Gasteiger partial charge in [0.15, 0.2) is 11.5 Å². The van der Waals surface area contributed by atoms with E-state index in [4.69, 9.17) is 21.1 Å². The van der Waals surface area contributed by atoms with Gasteiger partial charge in [-0.3, -0.25) is 4.79 Å². The predicted molar refractivity (Wildman–Crippen MR) is 125 cm³/mol. The number of ether oxygens (including phenoxy) is 2. The van der Waals surface area contributed by atoms with Crippen molar-refractivity contribution in [2.24, 2.45) is 0 Å². The average Bonchev–Trinajstić information content (AvgIpc) is 2.78. The largest absolute Gasteiger partial charge is 0.493 e. The maximum atomic E-state index is 12.5. The zero-order valence-electron chi connectivity index (χ0n) is 16.6. The van der Waals surface area contributed by atoms with E-state index in [0.717, 1.165) is 5.56 Å². The molecule has 0 spiro atoms. The van der Waals surface area contributed by atoms with E-state index < -0.39 is 5.91 Å². The molecule has 0 radical (unpaired) electrons. The highest BCUT2D eigenvalue weighted by Crippen LogP contribution is 2.37. The van der Waals surface area contributed by atoms with Crippen LogP contribution >= 0.6 is 27.5 Å². The van der Waals surface area contributed by atoms with Crippen molar-refractivity contribution in [3.8, 4) is 17.6 Å². The second kappa shape index (κ2) is 10.7. The molecular formula is C24H18BrClN2O3. The van der Waals surface area contributed by atoms with Gasteiger partial charge < -0.3 is 14.8 Å². The van der Waals surface area contributed by atoms with Crippen molar-refractivity contribution in [2.75, 3.05) is 12.4 Å². The molecule has 0 saturated heterocycles. The lowest BCUT2D eigenvalue weighted by Gasteiger charge is -2.14. The van der Waals surface area contributed by atoms with Crippen LogP contribution in [0.15, 0.2) is 76.8 Å². The number of carbonyl (C=O) groups excluding carboxylic acids is 1. The molecule has 3 aromatic rings. The molecule has 0 aromatic heterocycles. The van der Waals surface area contributed by atoms with E-state index in [1.165, 1.54) is 13.2 Å². The van der Waals surface area contributed by atoms with E-state index in [9.17, 15) is 10.1 Å². The number of hydrogen-bond acceptors (Lipinski definition) is 4. The minimum atomic E-state index is -0.524. The molecular weight excluding hydrogens is 480 g/mol. The van der Waals surface area contributed by atoms with Gasteiger partial charge in [0.1, 0.15) is 18.2 Å². The number of halogens is 2. The van der Waals surface area contributed by atoms with Crippen LogP contribution in [0.4, 0.5) is 5.69 Å². The van der Waals surface area contributed by atoms with E-state index in [1.54, 1.807) is 36.4 Å². The average molecular weight is 498 g/mol. The molecule has 156 valence electrons. The normalized spacial score (nSPS) is 10.8. The first-order valence-corrected chi connectivity index (χ1v) is 10.4. The molecule has 31 heavy (non-hydrogen) atoms. The molecule has 0 aliphatic heterocycles. The van der Waals surface area contributed by atoms with Crippen LogP contribution < -0.4 is 14.8 Å². The van der Waals surface area contributed by atoms with Crippen molar-refractivity contribution in [2.45, 2.75) is 6.61 Å². The molecule has 0 bridgehead atoms. The SMILES string of the molecule is COc1cc(/C=C(/C#N)C(=O)Nc2ccc(Cl)cc2)cc(Br)c1OCc1ccccc1. The molecule has 3 rings (SSSR count). The summed E-state index contributed by atoms with van der Waals surface area (Å²) in [6, 6.07) is 21.8. The number of amides is 1. The molecule has 7 heteroatoms. The molecule has 0 aliphatic carbocycles. The third-order valence-corrected chi connectivity index (χ3v) is 5.10. The number of nitriles is 1. The van der Waals surface area contributed by atoms with Crippen LogP contribution in [0.3, 0.4) is 0 Å². The van der Waals surface area contributed by atoms with Crippen LogP contribution in [0.1, 0.15) is 11.1 Å². The Labute approximate surface area is 194 Å². The molecule has 0 aliphatic rings. The monoisotopic (exact) mass is 496 g/mol. The highest BCUT2D eigenvalue weighted by atomic mass is 79.9. The van der Waals surface area contributed by atoms with Gasteiger partial charge in [0.2, 0.25) is 0 Å². The van der Waals surface area contributed by atoms with Crippen LogP contribution in [0.5, 0.6) is 11.5 Å². The van der Waals surface area contributed by atoms with Crippen LogP contribution in [-0.2, 0) is 11.4 Å². The topological polar surface area (TPSA) is 71.3 Å². The molecule has 3 aromatic carbocycles. The Kier molecular flexibility index (Phi) is 7.71. The van der Waals surface area contributed by atoms with Crippen molar-refractivity contribution in [3.63, 3.8) is 0 Å². The van der Waals surface area contributed by atoms with Crippen LogP contribution in [0, 0.1) is 11.3 Å². The van der Waals surface area contributed by atoms with Gasteiger partial charge in [-0.25, -0.2) is 0 Å². The van der Waals surface area contributed by atoms with Gasteiger partial charge in [-0.1, -0.05) is 41.9 Å². The van der Waals surface area contributed by atoms with Gasteiger partial charge in [0.05, 0.1) is 11.6 Å². The highest BCUT2D eigenvalue weighted by Gasteiger charge is 2.14. The molecule has 1 N–H and O–H groups in total. The zero-order valence-corrected chi connectivity index (χ0v) is 18.9. The van der Waals surface area contributed by atoms with Gasteiger partial charge >= 0.3 is 0 Å². The summed E-state index contributed by atoms with van der Waals surface area (Å²) < 4.78 is 12.0. The number of nitrogens with zero attached hydrogens (tertiary/aromatic N) is 1. The first-order valence-electron chi connectivity index (χ1n) is 9.23. The second-order valence-electron chi connectivity index (χ2n) is 6.44. The van der Waals surface area contributed by atoms with Gasteiger partial charge in [0.25, 0.3) is 5.91 Å². The van der Waals surface area contributed by atoms with Crippen LogP contribution in [-0.4, -0.2) is 13.0 Å². The van der Waals surface area contributed by atoms with Crippen molar-refractivity contribution < 1.29 is 14.3 Å². The van der Waals surface area contributed by atoms with Crippen LogP contribution in [0.25, 0.3) is 6.08 Å². The maximum Gasteiger partial charge on any atom is 0.266 e. The summed E-state index contributed by atoms with van der Waals surface area (Å²) >= 11 is 9.35. The Morgan fingerprint density at radius 1 is 1.16 bits per heavy atom. The zero-order chi connectivity index (χ0) is 22.2. The van der Waals surface area contributed by atoms with E-state index in [2.05, 4.69) is 21.2 Å². The lowest BCUT2D eigenvalue weighted by Crippen LogP contribution is -2.13. The van der Waals surface area contributed by atoms with E-state index >= 15 is 0 Å². The predicted octanol–water partition coefficient (Wildman–Crippen LogP) is 6.24. The van der Waals surface area contributed by atoms with E-state index in [0.29, 0.717) is 38.9 Å². The Morgan fingerprint density at radius 2 is 1.87 bits per heavy atom. The summed E-state index contributed by atoms with van der Waals surface area (Å²) in [5.74, 6) is 0.490. The third-order valence-electron chi connectivity index (χ3n) is 4.26. The molecule has 0 atom stereocenters. The molecule has 5 nitrogen and oxygen atoms in total. The Balaban J connectivity index is 1.81. The molecule has 0 saturated carbocycles. The Bertz CT molecular complexity index is 1140. The molecule has 1 amide bonds. The number of methoxy groups -OCH3 is 1. The first-order chi connectivity index (χ1) is 15.0. The van der Waals surface area contributed by atoms with E-state index in [-0.39, 0.29) is 5.57 Å². The van der Waals surface area contributed by atoms with E-state index in [1.807, 2.05) is 36.4 Å². The lowest BCUT2D eigenvalue weighted by atomic mass is 10.1. The van der Waals surface area contributed by atoms with Gasteiger partial charge in [0, 0.05) is 10.7 Å². The van der Waals surface area contributed by atoms with Gasteiger partial charge in [-0.2, -0.15) is 5.26 Å². The summed E-state index contributed by atoms with van der Waals surface area (Å²) in [5.41, 5.74) is 2.12.